The fourth-order valence-corrected chi connectivity index (χ4v) is 3.39. The van der Waals surface area contributed by atoms with Crippen LogP contribution >= 0.6 is 11.6 Å². The van der Waals surface area contributed by atoms with Crippen molar-refractivity contribution >= 4 is 45.8 Å². The average molecular weight is 419 g/mol. The van der Waals surface area contributed by atoms with E-state index < -0.39 is 0 Å². The number of hydrogen-bond acceptors (Lipinski definition) is 3. The maximum atomic E-state index is 12.4. The summed E-state index contributed by atoms with van der Waals surface area (Å²) in [6.07, 6.45) is 0.228. The van der Waals surface area contributed by atoms with Gasteiger partial charge in [-0.05, 0) is 48.0 Å². The minimum atomic E-state index is -0.132. The van der Waals surface area contributed by atoms with Crippen LogP contribution in [0.5, 0.6) is 0 Å². The summed E-state index contributed by atoms with van der Waals surface area (Å²) in [4.78, 5) is 31.3. The molecule has 3 aromatic carbocycles. The number of nitrogens with zero attached hydrogens (tertiary/aromatic N) is 1. The van der Waals surface area contributed by atoms with Crippen molar-refractivity contribution in [3.05, 3.63) is 77.3 Å². The lowest BCUT2D eigenvalue weighted by atomic mass is 10.1. The summed E-state index contributed by atoms with van der Waals surface area (Å²) in [5.74, 6) is 0.415. The normalized spacial score (nSPS) is 10.7. The van der Waals surface area contributed by atoms with Gasteiger partial charge in [-0.2, -0.15) is 0 Å². The van der Waals surface area contributed by atoms with E-state index in [9.17, 15) is 9.59 Å². The van der Waals surface area contributed by atoms with E-state index in [4.69, 9.17) is 11.6 Å². The van der Waals surface area contributed by atoms with Crippen molar-refractivity contribution in [3.8, 4) is 11.4 Å². The molecule has 0 unspecified atom stereocenters. The summed E-state index contributed by atoms with van der Waals surface area (Å²) in [7, 11) is 0. The van der Waals surface area contributed by atoms with Crippen LogP contribution < -0.4 is 10.6 Å². The van der Waals surface area contributed by atoms with Crippen molar-refractivity contribution in [2.75, 3.05) is 10.6 Å². The number of aromatic amines is 1. The number of carbonyl (C=O) groups excluding carboxylic acids is 2. The van der Waals surface area contributed by atoms with Crippen molar-refractivity contribution in [1.82, 2.24) is 9.97 Å². The van der Waals surface area contributed by atoms with Crippen LogP contribution in [0.3, 0.4) is 0 Å². The van der Waals surface area contributed by atoms with Crippen molar-refractivity contribution in [1.29, 1.82) is 0 Å². The second-order valence-electron chi connectivity index (χ2n) is 6.90. The number of halogens is 1. The van der Waals surface area contributed by atoms with E-state index in [0.717, 1.165) is 22.2 Å². The van der Waals surface area contributed by atoms with Crippen molar-refractivity contribution in [2.45, 2.75) is 13.3 Å². The van der Waals surface area contributed by atoms with Gasteiger partial charge in [-0.15, -0.1) is 0 Å². The van der Waals surface area contributed by atoms with Crippen LogP contribution in [0.2, 0.25) is 5.02 Å². The number of rotatable bonds is 5. The minimum Gasteiger partial charge on any atom is -0.338 e. The molecule has 0 aliphatic carbocycles. The number of H-pyrrole nitrogens is 1. The van der Waals surface area contributed by atoms with Crippen LogP contribution in [-0.2, 0) is 16.0 Å². The Morgan fingerprint density at radius 1 is 0.967 bits per heavy atom. The largest absolute Gasteiger partial charge is 0.338 e. The molecular formula is C23H19ClN4O2. The molecule has 0 bridgehead atoms. The molecular weight excluding hydrogens is 400 g/mol. The fourth-order valence-electron chi connectivity index (χ4n) is 3.17. The summed E-state index contributed by atoms with van der Waals surface area (Å²) in [6.45, 7) is 1.45. The van der Waals surface area contributed by atoms with Crippen LogP contribution in [0, 0.1) is 0 Å². The maximum absolute atomic E-state index is 12.4. The molecule has 30 heavy (non-hydrogen) atoms. The number of aromatic nitrogens is 2. The molecule has 0 radical (unpaired) electrons. The van der Waals surface area contributed by atoms with Gasteiger partial charge >= 0.3 is 0 Å². The van der Waals surface area contributed by atoms with Gasteiger partial charge < -0.3 is 15.6 Å². The smallest absolute Gasteiger partial charge is 0.228 e. The molecule has 7 heteroatoms. The Hall–Kier alpha value is -3.64. The third-order valence-electron chi connectivity index (χ3n) is 4.53. The van der Waals surface area contributed by atoms with Crippen LogP contribution in [0.25, 0.3) is 22.4 Å². The first kappa shape index (κ1) is 19.7. The zero-order chi connectivity index (χ0) is 21.1. The van der Waals surface area contributed by atoms with Gasteiger partial charge in [0.1, 0.15) is 5.82 Å². The molecule has 0 saturated carbocycles. The molecule has 0 atom stereocenters. The fraction of sp³-hybridized carbons (Fsp3) is 0.0870. The molecule has 3 N–H and O–H groups in total. The maximum Gasteiger partial charge on any atom is 0.228 e. The highest BCUT2D eigenvalue weighted by Gasteiger charge is 2.10. The quantitative estimate of drug-likeness (QED) is 0.425. The van der Waals surface area contributed by atoms with Gasteiger partial charge in [0.15, 0.2) is 0 Å². The van der Waals surface area contributed by atoms with Gasteiger partial charge in [-0.25, -0.2) is 4.98 Å². The van der Waals surface area contributed by atoms with E-state index in [1.165, 1.54) is 6.92 Å². The van der Waals surface area contributed by atoms with E-state index in [1.807, 2.05) is 54.6 Å². The van der Waals surface area contributed by atoms with Crippen LogP contribution in [-0.4, -0.2) is 21.8 Å². The van der Waals surface area contributed by atoms with Crippen LogP contribution in [0.4, 0.5) is 11.4 Å². The van der Waals surface area contributed by atoms with E-state index in [1.54, 1.807) is 12.1 Å². The van der Waals surface area contributed by atoms with Gasteiger partial charge in [0.2, 0.25) is 11.8 Å². The number of imidazole rings is 1. The number of fused-ring (bicyclic) bond motifs is 1. The number of nitrogens with one attached hydrogen (secondary N) is 3. The molecule has 0 aliphatic heterocycles. The van der Waals surface area contributed by atoms with Gasteiger partial charge in [-0.3, -0.25) is 9.59 Å². The summed E-state index contributed by atoms with van der Waals surface area (Å²) in [6, 6.07) is 20.2. The predicted octanol–water partition coefficient (Wildman–Crippen LogP) is 5.02. The molecule has 150 valence electrons. The third-order valence-corrected chi connectivity index (χ3v) is 4.86. The topological polar surface area (TPSA) is 86.9 Å². The molecule has 0 aliphatic rings. The molecule has 0 saturated heterocycles. The molecule has 1 heterocycles. The lowest BCUT2D eigenvalue weighted by Crippen LogP contribution is -2.14. The standard InChI is InChI=1S/C23H19ClN4O2/c1-14(29)25-16-8-6-15(7-9-16)12-22(30)26-17-10-11-20-21(13-17)28-23(27-20)18-4-2-3-5-19(18)24/h2-11,13H,12H2,1H3,(H,25,29)(H,26,30)(H,27,28). The number of benzene rings is 3. The molecule has 6 nitrogen and oxygen atoms in total. The van der Waals surface area contributed by atoms with Gasteiger partial charge in [0.25, 0.3) is 0 Å². The number of carbonyl (C=O) groups is 2. The first-order valence-electron chi connectivity index (χ1n) is 9.39. The van der Waals surface area contributed by atoms with E-state index in [2.05, 4.69) is 20.6 Å². The lowest BCUT2D eigenvalue weighted by Gasteiger charge is -2.07. The first-order chi connectivity index (χ1) is 14.5. The third kappa shape index (κ3) is 4.50. The Balaban J connectivity index is 1.46. The van der Waals surface area contributed by atoms with E-state index >= 15 is 0 Å². The molecule has 0 spiro atoms. The van der Waals surface area contributed by atoms with Crippen molar-refractivity contribution in [3.63, 3.8) is 0 Å². The summed E-state index contributed by atoms with van der Waals surface area (Å²) >= 11 is 6.26. The molecule has 4 rings (SSSR count). The van der Waals surface area contributed by atoms with Gasteiger partial charge in [-0.1, -0.05) is 35.9 Å². The van der Waals surface area contributed by atoms with Gasteiger partial charge in [0, 0.05) is 23.9 Å². The molecule has 1 aromatic heterocycles. The predicted molar refractivity (Wildman–Crippen MR) is 120 cm³/mol. The van der Waals surface area contributed by atoms with E-state index in [-0.39, 0.29) is 18.2 Å². The summed E-state index contributed by atoms with van der Waals surface area (Å²) in [5.41, 5.74) is 4.65. The van der Waals surface area contributed by atoms with Crippen LogP contribution in [0.1, 0.15) is 12.5 Å². The Morgan fingerprint density at radius 3 is 2.43 bits per heavy atom. The van der Waals surface area contributed by atoms with Crippen LogP contribution in [0.15, 0.2) is 66.7 Å². The first-order valence-corrected chi connectivity index (χ1v) is 9.77. The molecule has 2 amide bonds. The van der Waals surface area contributed by atoms with Crippen molar-refractivity contribution < 1.29 is 9.59 Å². The molecule has 4 aromatic rings. The lowest BCUT2D eigenvalue weighted by molar-refractivity contribution is -0.116. The Bertz CT molecular complexity index is 1230. The van der Waals surface area contributed by atoms with Gasteiger partial charge in [0.05, 0.1) is 22.5 Å². The highest BCUT2D eigenvalue weighted by atomic mass is 35.5. The Labute approximate surface area is 178 Å². The SMILES string of the molecule is CC(=O)Nc1ccc(CC(=O)Nc2ccc3nc(-c4ccccc4Cl)[nH]c3c2)cc1. The Kier molecular flexibility index (Phi) is 5.50. The highest BCUT2D eigenvalue weighted by Crippen LogP contribution is 2.28. The summed E-state index contributed by atoms with van der Waals surface area (Å²) in [5, 5.41) is 6.23. The average Bonchev–Trinajstić information content (AvgIpc) is 3.12. The minimum absolute atomic E-state index is 0.132. The monoisotopic (exact) mass is 418 g/mol. The second kappa shape index (κ2) is 8.39. The highest BCUT2D eigenvalue weighted by molar-refractivity contribution is 6.33. The number of hydrogen-bond donors (Lipinski definition) is 3. The Morgan fingerprint density at radius 2 is 1.70 bits per heavy atom. The zero-order valence-corrected chi connectivity index (χ0v) is 17.0. The molecule has 0 fully saturated rings. The number of amides is 2. The van der Waals surface area contributed by atoms with Crippen molar-refractivity contribution in [2.24, 2.45) is 0 Å². The van der Waals surface area contributed by atoms with E-state index in [0.29, 0.717) is 22.2 Å². The second-order valence-corrected chi connectivity index (χ2v) is 7.31. The summed E-state index contributed by atoms with van der Waals surface area (Å²) < 4.78 is 0. The zero-order valence-electron chi connectivity index (χ0n) is 16.2. The number of anilines is 2.